The van der Waals surface area contributed by atoms with Gasteiger partial charge in [0.15, 0.2) is 11.6 Å². The van der Waals surface area contributed by atoms with Crippen molar-refractivity contribution in [1.82, 2.24) is 4.98 Å². The number of ether oxygens (including phenoxy) is 1. The second-order valence-corrected chi connectivity index (χ2v) is 4.48. The highest BCUT2D eigenvalue weighted by molar-refractivity contribution is 9.08. The molecule has 2 aromatic rings. The van der Waals surface area contributed by atoms with Crippen LogP contribution in [-0.2, 0) is 11.9 Å². The van der Waals surface area contributed by atoms with Gasteiger partial charge in [0, 0.05) is 16.6 Å². The third-order valence-electron chi connectivity index (χ3n) is 2.50. The van der Waals surface area contributed by atoms with Gasteiger partial charge in [-0.05, 0) is 25.1 Å². The van der Waals surface area contributed by atoms with E-state index in [0.29, 0.717) is 5.33 Å². The minimum absolute atomic E-state index is 0.266. The van der Waals surface area contributed by atoms with E-state index < -0.39 is 0 Å². The fraction of sp³-hybridized carbons (Fsp3) is 0.214. The van der Waals surface area contributed by atoms with Crippen LogP contribution < -0.4 is 4.74 Å². The Labute approximate surface area is 114 Å². The first-order chi connectivity index (χ1) is 8.70. The van der Waals surface area contributed by atoms with Crippen LogP contribution in [0.25, 0.3) is 0 Å². The number of aromatic nitrogens is 1. The molecule has 0 N–H and O–H groups in total. The lowest BCUT2D eigenvalue weighted by molar-refractivity contribution is 0.283. The summed E-state index contributed by atoms with van der Waals surface area (Å²) in [4.78, 5) is 4.31. The first-order valence-electron chi connectivity index (χ1n) is 5.59. The average molecular weight is 310 g/mol. The topological polar surface area (TPSA) is 22.1 Å². The molecule has 0 radical (unpaired) electrons. The quantitative estimate of drug-likeness (QED) is 0.796. The van der Waals surface area contributed by atoms with E-state index in [4.69, 9.17) is 4.74 Å². The van der Waals surface area contributed by atoms with Crippen molar-refractivity contribution in [3.8, 4) is 5.75 Å². The lowest BCUT2D eigenvalue weighted by Crippen LogP contribution is -2.02. The highest BCUT2D eigenvalue weighted by Crippen LogP contribution is 2.25. The zero-order chi connectivity index (χ0) is 13.0. The molecule has 0 bridgehead atoms. The summed E-state index contributed by atoms with van der Waals surface area (Å²) in [6.45, 7) is 2.18. The first kappa shape index (κ1) is 13.0. The maximum Gasteiger partial charge on any atom is 0.165 e. The van der Waals surface area contributed by atoms with Crippen LogP contribution in [0.1, 0.15) is 17.0 Å². The Morgan fingerprint density at radius 3 is 2.72 bits per heavy atom. The zero-order valence-corrected chi connectivity index (χ0v) is 11.6. The molecule has 18 heavy (non-hydrogen) atoms. The van der Waals surface area contributed by atoms with Crippen molar-refractivity contribution in [1.29, 1.82) is 0 Å². The molecule has 2 nitrogen and oxygen atoms in total. The SMILES string of the molecule is Cc1cccc(COc2c(F)cccc2CBr)n1. The van der Waals surface area contributed by atoms with Crippen LogP contribution in [0.2, 0.25) is 0 Å². The van der Waals surface area contributed by atoms with Crippen molar-refractivity contribution >= 4 is 15.9 Å². The van der Waals surface area contributed by atoms with Crippen LogP contribution in [0.3, 0.4) is 0 Å². The Morgan fingerprint density at radius 1 is 1.22 bits per heavy atom. The van der Waals surface area contributed by atoms with E-state index in [1.54, 1.807) is 6.07 Å². The smallest absolute Gasteiger partial charge is 0.165 e. The molecule has 0 amide bonds. The van der Waals surface area contributed by atoms with E-state index in [1.807, 2.05) is 31.2 Å². The van der Waals surface area contributed by atoms with E-state index in [-0.39, 0.29) is 18.2 Å². The van der Waals surface area contributed by atoms with Crippen LogP contribution in [0, 0.1) is 12.7 Å². The molecule has 0 saturated carbocycles. The Bertz CT molecular complexity index is 545. The number of benzene rings is 1. The Kier molecular flexibility index (Phi) is 4.31. The highest BCUT2D eigenvalue weighted by Gasteiger charge is 2.09. The Hall–Kier alpha value is -1.42. The van der Waals surface area contributed by atoms with Gasteiger partial charge in [0.1, 0.15) is 6.61 Å². The number of halogens is 2. The van der Waals surface area contributed by atoms with Gasteiger partial charge in [-0.15, -0.1) is 0 Å². The van der Waals surface area contributed by atoms with Crippen molar-refractivity contribution in [3.05, 3.63) is 59.2 Å². The molecule has 1 aromatic heterocycles. The number of aryl methyl sites for hydroxylation is 1. The molecule has 0 saturated heterocycles. The maximum atomic E-state index is 13.7. The molecule has 0 aliphatic carbocycles. The predicted octanol–water partition coefficient (Wildman–Crippen LogP) is 4.00. The molecular formula is C14H13BrFNO. The molecule has 0 fully saturated rings. The van der Waals surface area contributed by atoms with Gasteiger partial charge >= 0.3 is 0 Å². The van der Waals surface area contributed by atoms with Crippen LogP contribution in [0.4, 0.5) is 4.39 Å². The zero-order valence-electron chi connectivity index (χ0n) is 9.99. The van der Waals surface area contributed by atoms with E-state index >= 15 is 0 Å². The number of alkyl halides is 1. The van der Waals surface area contributed by atoms with Gasteiger partial charge < -0.3 is 4.74 Å². The molecule has 0 aliphatic heterocycles. The fourth-order valence-electron chi connectivity index (χ4n) is 1.65. The maximum absolute atomic E-state index is 13.7. The van der Waals surface area contributed by atoms with E-state index in [9.17, 15) is 4.39 Å². The largest absolute Gasteiger partial charge is 0.484 e. The normalized spacial score (nSPS) is 10.4. The molecular weight excluding hydrogens is 297 g/mol. The van der Waals surface area contributed by atoms with Crippen molar-refractivity contribution in [2.45, 2.75) is 18.9 Å². The number of hydrogen-bond donors (Lipinski definition) is 0. The summed E-state index contributed by atoms with van der Waals surface area (Å²) in [6.07, 6.45) is 0. The lowest BCUT2D eigenvalue weighted by atomic mass is 10.2. The lowest BCUT2D eigenvalue weighted by Gasteiger charge is -2.10. The summed E-state index contributed by atoms with van der Waals surface area (Å²) in [5.41, 5.74) is 2.51. The van der Waals surface area contributed by atoms with Gasteiger partial charge in [0.05, 0.1) is 5.69 Å². The summed E-state index contributed by atoms with van der Waals surface area (Å²) in [5, 5.41) is 0.557. The molecule has 0 unspecified atom stereocenters. The average Bonchev–Trinajstić information content (AvgIpc) is 2.37. The van der Waals surface area contributed by atoms with Crippen molar-refractivity contribution in [2.75, 3.05) is 0 Å². The molecule has 0 spiro atoms. The van der Waals surface area contributed by atoms with Crippen molar-refractivity contribution < 1.29 is 9.13 Å². The number of hydrogen-bond acceptors (Lipinski definition) is 2. The van der Waals surface area contributed by atoms with Crippen LogP contribution in [0.15, 0.2) is 36.4 Å². The molecule has 0 aliphatic rings. The molecule has 0 atom stereocenters. The third-order valence-corrected chi connectivity index (χ3v) is 3.11. The molecule has 1 aromatic carbocycles. The van der Waals surface area contributed by atoms with E-state index in [0.717, 1.165) is 17.0 Å². The first-order valence-corrected chi connectivity index (χ1v) is 6.71. The summed E-state index contributed by atoms with van der Waals surface area (Å²) in [5.74, 6) is -0.0581. The second kappa shape index (κ2) is 5.96. The summed E-state index contributed by atoms with van der Waals surface area (Å²) < 4.78 is 19.2. The van der Waals surface area contributed by atoms with Crippen LogP contribution in [0.5, 0.6) is 5.75 Å². The standard InChI is InChI=1S/C14H13BrFNO/c1-10-4-2-6-12(17-10)9-18-14-11(8-15)5-3-7-13(14)16/h2-7H,8-9H2,1H3. The predicted molar refractivity (Wildman–Crippen MR) is 72.3 cm³/mol. The monoisotopic (exact) mass is 309 g/mol. The molecule has 2 rings (SSSR count). The van der Waals surface area contributed by atoms with Gasteiger partial charge in [0.2, 0.25) is 0 Å². The molecule has 1 heterocycles. The number of rotatable bonds is 4. The number of para-hydroxylation sites is 1. The van der Waals surface area contributed by atoms with Gasteiger partial charge in [-0.3, -0.25) is 4.98 Å². The second-order valence-electron chi connectivity index (χ2n) is 3.92. The summed E-state index contributed by atoms with van der Waals surface area (Å²) >= 11 is 3.32. The minimum atomic E-state index is -0.348. The number of pyridine rings is 1. The fourth-order valence-corrected chi connectivity index (χ4v) is 2.09. The van der Waals surface area contributed by atoms with Gasteiger partial charge in [-0.1, -0.05) is 34.1 Å². The molecule has 4 heteroatoms. The molecule has 94 valence electrons. The summed E-state index contributed by atoms with van der Waals surface area (Å²) in [7, 11) is 0. The van der Waals surface area contributed by atoms with E-state index in [1.165, 1.54) is 6.07 Å². The minimum Gasteiger partial charge on any atom is -0.484 e. The van der Waals surface area contributed by atoms with E-state index in [2.05, 4.69) is 20.9 Å². The van der Waals surface area contributed by atoms with Gasteiger partial charge in [0.25, 0.3) is 0 Å². The highest BCUT2D eigenvalue weighted by atomic mass is 79.9. The van der Waals surface area contributed by atoms with Crippen molar-refractivity contribution in [3.63, 3.8) is 0 Å². The van der Waals surface area contributed by atoms with Crippen molar-refractivity contribution in [2.24, 2.45) is 0 Å². The van der Waals surface area contributed by atoms with Crippen LogP contribution >= 0.6 is 15.9 Å². The third kappa shape index (κ3) is 3.07. The van der Waals surface area contributed by atoms with Gasteiger partial charge in [-0.25, -0.2) is 4.39 Å². The summed E-state index contributed by atoms with van der Waals surface area (Å²) in [6, 6.07) is 10.6. The van der Waals surface area contributed by atoms with Gasteiger partial charge in [-0.2, -0.15) is 0 Å². The number of nitrogens with zero attached hydrogens (tertiary/aromatic N) is 1. The van der Waals surface area contributed by atoms with Crippen LogP contribution in [-0.4, -0.2) is 4.98 Å². The Morgan fingerprint density at radius 2 is 2.00 bits per heavy atom. The Balaban J connectivity index is 2.15.